The van der Waals surface area contributed by atoms with E-state index in [4.69, 9.17) is 5.73 Å². The fourth-order valence-electron chi connectivity index (χ4n) is 2.18. The Kier molecular flexibility index (Phi) is 3.30. The van der Waals surface area contributed by atoms with Gasteiger partial charge in [-0.05, 0) is 48.6 Å². The Morgan fingerprint density at radius 3 is 2.24 bits per heavy atom. The Morgan fingerprint density at radius 2 is 1.53 bits per heavy atom. The zero-order valence-corrected chi connectivity index (χ0v) is 10.7. The summed E-state index contributed by atoms with van der Waals surface area (Å²) in [6.07, 6.45) is 0. The molecule has 0 fully saturated rings. The third kappa shape index (κ3) is 2.25. The molecule has 0 aliphatic rings. The van der Waals surface area contributed by atoms with E-state index in [1.165, 1.54) is 27.8 Å². The molecule has 0 amide bonds. The zero-order valence-electron chi connectivity index (χ0n) is 10.7. The average Bonchev–Trinajstić information content (AvgIpc) is 2.33. The van der Waals surface area contributed by atoms with Crippen LogP contribution in [-0.4, -0.2) is 0 Å². The Labute approximate surface area is 103 Å². The predicted octanol–water partition coefficient (Wildman–Crippen LogP) is 3.99. The van der Waals surface area contributed by atoms with Crippen LogP contribution in [0.2, 0.25) is 0 Å². The molecule has 0 radical (unpaired) electrons. The lowest BCUT2D eigenvalue weighted by atomic mass is 9.91. The topological polar surface area (TPSA) is 26.0 Å². The second-order valence-corrected chi connectivity index (χ2v) is 4.62. The van der Waals surface area contributed by atoms with Crippen molar-refractivity contribution >= 4 is 0 Å². The van der Waals surface area contributed by atoms with Crippen LogP contribution in [0.15, 0.2) is 42.5 Å². The van der Waals surface area contributed by atoms with Crippen LogP contribution >= 0.6 is 0 Å². The van der Waals surface area contributed by atoms with Crippen LogP contribution in [0.3, 0.4) is 0 Å². The van der Waals surface area contributed by atoms with Crippen molar-refractivity contribution in [3.05, 3.63) is 59.2 Å². The van der Waals surface area contributed by atoms with Crippen molar-refractivity contribution < 1.29 is 0 Å². The molecule has 88 valence electrons. The molecule has 0 saturated carbocycles. The van der Waals surface area contributed by atoms with Crippen LogP contribution in [0.1, 0.15) is 29.7 Å². The molecule has 1 nitrogen and oxygen atoms in total. The van der Waals surface area contributed by atoms with Crippen LogP contribution in [0, 0.1) is 13.8 Å². The summed E-state index contributed by atoms with van der Waals surface area (Å²) in [5.74, 6) is 0. The van der Waals surface area contributed by atoms with Gasteiger partial charge in [0.05, 0.1) is 0 Å². The molecule has 0 aliphatic heterocycles. The molecule has 1 heteroatoms. The van der Waals surface area contributed by atoms with Gasteiger partial charge in [0.25, 0.3) is 0 Å². The van der Waals surface area contributed by atoms with Crippen molar-refractivity contribution in [1.82, 2.24) is 0 Å². The van der Waals surface area contributed by atoms with Gasteiger partial charge in [-0.1, -0.05) is 42.5 Å². The molecule has 0 aromatic heterocycles. The molecular weight excluding hydrogens is 206 g/mol. The minimum absolute atomic E-state index is 0.0612. The van der Waals surface area contributed by atoms with Crippen molar-refractivity contribution in [2.45, 2.75) is 26.8 Å². The highest BCUT2D eigenvalue weighted by Gasteiger charge is 2.10. The Bertz CT molecular complexity index is 527. The molecule has 1 unspecified atom stereocenters. The van der Waals surface area contributed by atoms with Gasteiger partial charge in [0.2, 0.25) is 0 Å². The molecule has 0 bridgehead atoms. The van der Waals surface area contributed by atoms with Gasteiger partial charge in [-0.15, -0.1) is 0 Å². The van der Waals surface area contributed by atoms with E-state index in [-0.39, 0.29) is 6.04 Å². The summed E-state index contributed by atoms with van der Waals surface area (Å²) in [4.78, 5) is 0. The van der Waals surface area contributed by atoms with Gasteiger partial charge < -0.3 is 5.73 Å². The fraction of sp³-hybridized carbons (Fsp3) is 0.250. The van der Waals surface area contributed by atoms with E-state index >= 15 is 0 Å². The maximum atomic E-state index is 6.04. The first kappa shape index (κ1) is 11.9. The molecule has 0 aliphatic carbocycles. The van der Waals surface area contributed by atoms with Gasteiger partial charge >= 0.3 is 0 Å². The van der Waals surface area contributed by atoms with E-state index in [1.807, 2.05) is 13.0 Å². The van der Waals surface area contributed by atoms with E-state index in [9.17, 15) is 0 Å². The lowest BCUT2D eigenvalue weighted by Crippen LogP contribution is -2.06. The lowest BCUT2D eigenvalue weighted by Gasteiger charge is -2.15. The third-order valence-corrected chi connectivity index (χ3v) is 3.35. The van der Waals surface area contributed by atoms with E-state index < -0.39 is 0 Å². The van der Waals surface area contributed by atoms with Crippen molar-refractivity contribution in [3.63, 3.8) is 0 Å². The van der Waals surface area contributed by atoms with E-state index in [2.05, 4.69) is 50.2 Å². The molecule has 0 spiro atoms. The summed E-state index contributed by atoms with van der Waals surface area (Å²) >= 11 is 0. The summed E-state index contributed by atoms with van der Waals surface area (Å²) in [5.41, 5.74) is 12.4. The van der Waals surface area contributed by atoms with Gasteiger partial charge in [0.1, 0.15) is 0 Å². The molecular formula is C16H19N. The van der Waals surface area contributed by atoms with Crippen molar-refractivity contribution in [2.24, 2.45) is 5.73 Å². The lowest BCUT2D eigenvalue weighted by molar-refractivity contribution is 0.820. The number of nitrogens with two attached hydrogens (primary N) is 1. The molecule has 2 aromatic rings. The van der Waals surface area contributed by atoms with Crippen molar-refractivity contribution in [1.29, 1.82) is 0 Å². The minimum Gasteiger partial charge on any atom is -0.324 e. The number of hydrogen-bond acceptors (Lipinski definition) is 1. The highest BCUT2D eigenvalue weighted by Crippen LogP contribution is 2.30. The van der Waals surface area contributed by atoms with Crippen LogP contribution in [0.5, 0.6) is 0 Å². The number of hydrogen-bond donors (Lipinski definition) is 1. The van der Waals surface area contributed by atoms with Gasteiger partial charge in [-0.25, -0.2) is 0 Å². The fourth-order valence-corrected chi connectivity index (χ4v) is 2.18. The van der Waals surface area contributed by atoms with Crippen molar-refractivity contribution in [2.75, 3.05) is 0 Å². The second-order valence-electron chi connectivity index (χ2n) is 4.62. The van der Waals surface area contributed by atoms with Crippen LogP contribution in [0.25, 0.3) is 11.1 Å². The van der Waals surface area contributed by atoms with Gasteiger partial charge in [0.15, 0.2) is 0 Å². The number of benzene rings is 2. The summed E-state index contributed by atoms with van der Waals surface area (Å²) in [5, 5.41) is 0. The largest absolute Gasteiger partial charge is 0.324 e. The monoisotopic (exact) mass is 225 g/mol. The SMILES string of the molecule is Cc1cccc(-c2ccccc2C(C)N)c1C. The molecule has 2 aromatic carbocycles. The maximum absolute atomic E-state index is 6.04. The minimum atomic E-state index is 0.0612. The normalized spacial score (nSPS) is 12.5. The molecule has 17 heavy (non-hydrogen) atoms. The van der Waals surface area contributed by atoms with Gasteiger partial charge in [-0.3, -0.25) is 0 Å². The Hall–Kier alpha value is -1.60. The van der Waals surface area contributed by atoms with Crippen LogP contribution in [0.4, 0.5) is 0 Å². The summed E-state index contributed by atoms with van der Waals surface area (Å²) in [6.45, 7) is 6.35. The number of rotatable bonds is 2. The first-order chi connectivity index (χ1) is 8.11. The van der Waals surface area contributed by atoms with Gasteiger partial charge in [0, 0.05) is 6.04 Å². The maximum Gasteiger partial charge on any atom is 0.0272 e. The quantitative estimate of drug-likeness (QED) is 0.821. The summed E-state index contributed by atoms with van der Waals surface area (Å²) in [6, 6.07) is 14.9. The molecule has 2 N–H and O–H groups in total. The highest BCUT2D eigenvalue weighted by atomic mass is 14.6. The molecule has 1 atom stereocenters. The van der Waals surface area contributed by atoms with E-state index in [0.717, 1.165) is 0 Å². The van der Waals surface area contributed by atoms with Crippen LogP contribution in [-0.2, 0) is 0 Å². The predicted molar refractivity (Wildman–Crippen MR) is 74.0 cm³/mol. The molecule has 0 saturated heterocycles. The van der Waals surface area contributed by atoms with E-state index in [1.54, 1.807) is 0 Å². The average molecular weight is 225 g/mol. The van der Waals surface area contributed by atoms with Gasteiger partial charge in [-0.2, -0.15) is 0 Å². The van der Waals surface area contributed by atoms with Crippen molar-refractivity contribution in [3.8, 4) is 11.1 Å². The Morgan fingerprint density at radius 1 is 0.882 bits per heavy atom. The molecule has 0 heterocycles. The first-order valence-electron chi connectivity index (χ1n) is 6.02. The summed E-state index contributed by atoms with van der Waals surface area (Å²) < 4.78 is 0. The number of aryl methyl sites for hydroxylation is 1. The first-order valence-corrected chi connectivity index (χ1v) is 6.02. The summed E-state index contributed by atoms with van der Waals surface area (Å²) in [7, 11) is 0. The molecule has 2 rings (SSSR count). The van der Waals surface area contributed by atoms with Crippen LogP contribution < -0.4 is 5.73 Å². The second kappa shape index (κ2) is 4.72. The third-order valence-electron chi connectivity index (χ3n) is 3.35. The standard InChI is InChI=1S/C16H19N/c1-11-7-6-10-14(12(11)2)16-9-5-4-8-15(16)13(3)17/h4-10,13H,17H2,1-3H3. The Balaban J connectivity index is 2.64. The zero-order chi connectivity index (χ0) is 12.4. The van der Waals surface area contributed by atoms with E-state index in [0.29, 0.717) is 0 Å². The highest BCUT2D eigenvalue weighted by molar-refractivity contribution is 5.72. The smallest absolute Gasteiger partial charge is 0.0272 e.